The summed E-state index contributed by atoms with van der Waals surface area (Å²) in [7, 11) is 0. The Bertz CT molecular complexity index is 463. The lowest BCUT2D eigenvalue weighted by molar-refractivity contribution is -0.290. The van der Waals surface area contributed by atoms with E-state index in [-0.39, 0.29) is 0 Å². The van der Waals surface area contributed by atoms with Crippen molar-refractivity contribution in [1.82, 2.24) is 4.98 Å². The van der Waals surface area contributed by atoms with Crippen LogP contribution in [0.4, 0.5) is 22.0 Å². The molecule has 0 aliphatic rings. The Morgan fingerprint density at radius 1 is 1.11 bits per heavy atom. The van der Waals surface area contributed by atoms with E-state index in [0.29, 0.717) is 0 Å². The van der Waals surface area contributed by atoms with Crippen LogP contribution in [0.5, 0.6) is 0 Å². The monoisotopic (exact) mass is 328 g/mol. The van der Waals surface area contributed by atoms with Crippen molar-refractivity contribution in [3.8, 4) is 0 Å². The summed E-state index contributed by atoms with van der Waals surface area (Å²) in [5.41, 5.74) is 4.10. The van der Waals surface area contributed by atoms with Gasteiger partial charge in [0.15, 0.2) is 0 Å². The van der Waals surface area contributed by atoms with Crippen LogP contribution in [0.2, 0.25) is 15.2 Å². The van der Waals surface area contributed by atoms with E-state index >= 15 is 0 Å². The van der Waals surface area contributed by atoms with Gasteiger partial charge >= 0.3 is 12.1 Å². The molecule has 1 atom stereocenters. The maximum absolute atomic E-state index is 13.1. The molecule has 0 unspecified atom stereocenters. The van der Waals surface area contributed by atoms with Crippen LogP contribution in [0.3, 0.4) is 0 Å². The second-order valence-corrected chi connectivity index (χ2v) is 4.37. The predicted octanol–water partition coefficient (Wildman–Crippen LogP) is 4.24. The van der Waals surface area contributed by atoms with Crippen molar-refractivity contribution < 1.29 is 22.0 Å². The molecule has 1 aromatic heterocycles. The minimum absolute atomic E-state index is 0.468. The lowest BCUT2D eigenvalue weighted by atomic mass is 10.0. The number of rotatable bonds is 2. The van der Waals surface area contributed by atoms with Crippen LogP contribution in [0.15, 0.2) is 6.20 Å². The van der Waals surface area contributed by atoms with Crippen molar-refractivity contribution in [2.75, 3.05) is 0 Å². The van der Waals surface area contributed by atoms with Crippen LogP contribution < -0.4 is 5.73 Å². The molecule has 1 heterocycles. The van der Waals surface area contributed by atoms with Gasteiger partial charge in [0.05, 0.1) is 10.0 Å². The van der Waals surface area contributed by atoms with E-state index in [9.17, 15) is 22.0 Å². The van der Waals surface area contributed by atoms with Gasteiger partial charge in [0.2, 0.25) is 0 Å². The SMILES string of the molecule is N[C@H](c1c(Cl)cnc(Cl)c1Cl)C(F)(F)C(F)(F)F. The molecule has 0 saturated carbocycles. The van der Waals surface area contributed by atoms with Crippen molar-refractivity contribution >= 4 is 34.8 Å². The lowest BCUT2D eigenvalue weighted by Crippen LogP contribution is -2.46. The molecule has 2 N–H and O–H groups in total. The number of hydrogen-bond acceptors (Lipinski definition) is 2. The average molecular weight is 329 g/mol. The minimum atomic E-state index is -5.84. The van der Waals surface area contributed by atoms with E-state index < -0.39 is 38.9 Å². The number of pyridine rings is 1. The fourth-order valence-corrected chi connectivity index (χ4v) is 1.83. The minimum Gasteiger partial charge on any atom is -0.319 e. The molecule has 1 aromatic rings. The van der Waals surface area contributed by atoms with Gasteiger partial charge in [-0.2, -0.15) is 22.0 Å². The highest BCUT2D eigenvalue weighted by molar-refractivity contribution is 6.43. The van der Waals surface area contributed by atoms with Gasteiger partial charge in [-0.05, 0) is 0 Å². The fraction of sp³-hybridized carbons (Fsp3) is 0.375. The first-order valence-electron chi connectivity index (χ1n) is 4.19. The smallest absolute Gasteiger partial charge is 0.319 e. The maximum Gasteiger partial charge on any atom is 0.455 e. The molecule has 0 aromatic carbocycles. The van der Waals surface area contributed by atoms with Crippen LogP contribution in [-0.2, 0) is 0 Å². The molecule has 0 fully saturated rings. The second-order valence-electron chi connectivity index (χ2n) is 3.22. The summed E-state index contributed by atoms with van der Waals surface area (Å²) in [6.45, 7) is 0. The third kappa shape index (κ3) is 2.64. The number of alkyl halides is 5. The summed E-state index contributed by atoms with van der Waals surface area (Å²) in [5, 5.41) is -1.63. The molecular formula is C8H4Cl3F5N2. The number of nitrogens with zero attached hydrogens (tertiary/aromatic N) is 1. The zero-order valence-corrected chi connectivity index (χ0v) is 10.5. The molecule has 0 spiro atoms. The molecule has 0 aliphatic carbocycles. The van der Waals surface area contributed by atoms with Crippen LogP contribution in [-0.4, -0.2) is 17.1 Å². The van der Waals surface area contributed by atoms with Gasteiger partial charge < -0.3 is 5.73 Å². The highest BCUT2D eigenvalue weighted by Crippen LogP contribution is 2.47. The Hall–Kier alpha value is -0.370. The molecule has 10 heteroatoms. The Balaban J connectivity index is 3.36. The van der Waals surface area contributed by atoms with Gasteiger partial charge in [-0.3, -0.25) is 0 Å². The summed E-state index contributed by atoms with van der Waals surface area (Å²) >= 11 is 16.4. The van der Waals surface area contributed by atoms with Crippen LogP contribution in [0.25, 0.3) is 0 Å². The third-order valence-corrected chi connectivity index (χ3v) is 3.11. The van der Waals surface area contributed by atoms with Crippen LogP contribution >= 0.6 is 34.8 Å². The molecule has 0 aliphatic heterocycles. The predicted molar refractivity (Wildman–Crippen MR) is 57.2 cm³/mol. The molecule has 0 amide bonds. The summed E-state index contributed by atoms with van der Waals surface area (Å²) in [6, 6.07) is -2.78. The molecule has 102 valence electrons. The molecule has 1 rings (SSSR count). The van der Waals surface area contributed by atoms with Crippen molar-refractivity contribution in [2.24, 2.45) is 5.73 Å². The molecule has 0 bridgehead atoms. The van der Waals surface area contributed by atoms with Crippen LogP contribution in [0, 0.1) is 0 Å². The van der Waals surface area contributed by atoms with E-state index in [1.807, 2.05) is 0 Å². The standard InChI is InChI=1S/C8H4Cl3F5N2/c9-2-1-18-6(11)4(10)3(2)5(17)7(12,13)8(14,15)16/h1,5H,17H2/t5-/m1/s1. The van der Waals surface area contributed by atoms with Crippen molar-refractivity contribution in [1.29, 1.82) is 0 Å². The number of nitrogens with two attached hydrogens (primary N) is 1. The summed E-state index contributed by atoms with van der Waals surface area (Å²) in [4.78, 5) is 3.39. The third-order valence-electron chi connectivity index (χ3n) is 2.05. The van der Waals surface area contributed by atoms with E-state index in [1.54, 1.807) is 0 Å². The van der Waals surface area contributed by atoms with Gasteiger partial charge in [-0.1, -0.05) is 34.8 Å². The van der Waals surface area contributed by atoms with Gasteiger partial charge in [0.25, 0.3) is 0 Å². The maximum atomic E-state index is 13.1. The quantitative estimate of drug-likeness (QED) is 0.651. The summed E-state index contributed by atoms with van der Waals surface area (Å²) in [6.07, 6.45) is -5.05. The molecule has 0 saturated heterocycles. The Morgan fingerprint density at radius 3 is 2.06 bits per heavy atom. The second kappa shape index (κ2) is 4.96. The Kier molecular flexibility index (Phi) is 4.32. The fourth-order valence-electron chi connectivity index (χ4n) is 1.10. The van der Waals surface area contributed by atoms with E-state index in [1.165, 1.54) is 0 Å². The number of aromatic nitrogens is 1. The highest BCUT2D eigenvalue weighted by Gasteiger charge is 2.62. The Morgan fingerprint density at radius 2 is 1.61 bits per heavy atom. The largest absolute Gasteiger partial charge is 0.455 e. The first kappa shape index (κ1) is 15.7. The van der Waals surface area contributed by atoms with E-state index in [4.69, 9.17) is 40.5 Å². The topological polar surface area (TPSA) is 38.9 Å². The van der Waals surface area contributed by atoms with Crippen molar-refractivity contribution in [2.45, 2.75) is 18.1 Å². The molecule has 0 radical (unpaired) electrons. The first-order chi connectivity index (χ1) is 8.00. The van der Waals surface area contributed by atoms with Crippen LogP contribution in [0.1, 0.15) is 11.6 Å². The zero-order valence-electron chi connectivity index (χ0n) is 8.20. The summed E-state index contributed by atoms with van der Waals surface area (Å²) in [5.74, 6) is -5.20. The number of hydrogen-bond donors (Lipinski definition) is 1. The molecular weight excluding hydrogens is 325 g/mol. The average Bonchev–Trinajstić information content (AvgIpc) is 2.22. The summed E-state index contributed by atoms with van der Waals surface area (Å²) < 4.78 is 62.6. The first-order valence-corrected chi connectivity index (χ1v) is 5.33. The molecule has 18 heavy (non-hydrogen) atoms. The highest BCUT2D eigenvalue weighted by atomic mass is 35.5. The van der Waals surface area contributed by atoms with Crippen molar-refractivity contribution in [3.63, 3.8) is 0 Å². The van der Waals surface area contributed by atoms with Gasteiger partial charge in [-0.15, -0.1) is 0 Å². The van der Waals surface area contributed by atoms with Gasteiger partial charge in [0.1, 0.15) is 11.2 Å². The zero-order chi connectivity index (χ0) is 14.3. The van der Waals surface area contributed by atoms with Crippen molar-refractivity contribution in [3.05, 3.63) is 27.0 Å². The molecule has 2 nitrogen and oxygen atoms in total. The van der Waals surface area contributed by atoms with E-state index in [2.05, 4.69) is 4.98 Å². The normalized spacial score (nSPS) is 14.7. The lowest BCUT2D eigenvalue weighted by Gasteiger charge is -2.27. The number of halogens is 8. The van der Waals surface area contributed by atoms with Gasteiger partial charge in [-0.25, -0.2) is 4.98 Å². The van der Waals surface area contributed by atoms with Gasteiger partial charge in [0, 0.05) is 11.8 Å². The Labute approximate surface area is 113 Å². The van der Waals surface area contributed by atoms with E-state index in [0.717, 1.165) is 6.20 Å².